The van der Waals surface area contributed by atoms with E-state index in [0.29, 0.717) is 51.5 Å². The monoisotopic (exact) mass is 689 g/mol. The number of likely N-dealkylation sites (tertiary alicyclic amines) is 1. The molecular weight excluding hydrogens is 649 g/mol. The van der Waals surface area contributed by atoms with E-state index in [1.54, 1.807) is 9.80 Å². The van der Waals surface area contributed by atoms with Gasteiger partial charge < -0.3 is 29.9 Å². The second-order valence-electron chi connectivity index (χ2n) is 11.8. The Morgan fingerprint density at radius 1 is 0.956 bits per heavy atom. The lowest BCUT2D eigenvalue weighted by atomic mass is 9.93. The zero-order valence-corrected chi connectivity index (χ0v) is 27.7. The number of hydrogen-bond donors (Lipinski definition) is 2. The maximum absolute atomic E-state index is 13.3. The molecule has 13 nitrogen and oxygen atoms in total. The van der Waals surface area contributed by atoms with Crippen molar-refractivity contribution in [1.29, 1.82) is 0 Å². The van der Waals surface area contributed by atoms with Gasteiger partial charge in [0.2, 0.25) is 21.8 Å². The number of likely N-dealkylation sites (N-methyl/N-ethyl adjacent to an activating group) is 1. The quantitative estimate of drug-likeness (QED) is 0.356. The van der Waals surface area contributed by atoms with Crippen molar-refractivity contribution in [3.8, 4) is 0 Å². The number of piperazine rings is 1. The predicted octanol–water partition coefficient (Wildman–Crippen LogP) is 2.51. The van der Waals surface area contributed by atoms with E-state index in [1.807, 2.05) is 7.05 Å². The van der Waals surface area contributed by atoms with Crippen molar-refractivity contribution in [3.63, 3.8) is 0 Å². The maximum atomic E-state index is 13.3. The lowest BCUT2D eigenvalue weighted by molar-refractivity contribution is -0.143. The highest BCUT2D eigenvalue weighted by Crippen LogP contribution is 2.30. The van der Waals surface area contributed by atoms with Crippen LogP contribution in [0.2, 0.25) is 10.0 Å². The summed E-state index contributed by atoms with van der Waals surface area (Å²) in [5.74, 6) is -1.94. The molecule has 4 rings (SSSR count). The number of nitrogens with zero attached hydrogens (tertiary/aromatic N) is 4. The van der Waals surface area contributed by atoms with E-state index in [9.17, 15) is 32.7 Å². The van der Waals surface area contributed by atoms with Crippen molar-refractivity contribution < 1.29 is 37.4 Å². The number of hydrogen-bond acceptors (Lipinski definition) is 8. The van der Waals surface area contributed by atoms with Crippen LogP contribution in [0, 0.1) is 5.92 Å². The fourth-order valence-electron chi connectivity index (χ4n) is 5.92. The summed E-state index contributed by atoms with van der Waals surface area (Å²) >= 11 is 12.0. The van der Waals surface area contributed by atoms with Crippen LogP contribution in [0.15, 0.2) is 23.1 Å². The molecule has 3 saturated heterocycles. The van der Waals surface area contributed by atoms with Gasteiger partial charge in [0, 0.05) is 62.3 Å². The molecule has 0 aliphatic carbocycles. The minimum atomic E-state index is -4.13. The third-order valence-corrected chi connectivity index (χ3v) is 11.0. The zero-order valence-electron chi connectivity index (χ0n) is 25.3. The molecule has 0 bridgehead atoms. The first kappa shape index (κ1) is 35.2. The molecule has 45 heavy (non-hydrogen) atoms. The first-order valence-corrected chi connectivity index (χ1v) is 17.4. The van der Waals surface area contributed by atoms with Crippen molar-refractivity contribution in [1.82, 2.24) is 24.3 Å². The summed E-state index contributed by atoms with van der Waals surface area (Å²) in [7, 11) is -2.11. The molecule has 1 aromatic rings. The smallest absolute Gasteiger partial charge is 0.409 e. The third kappa shape index (κ3) is 9.44. The van der Waals surface area contributed by atoms with Crippen molar-refractivity contribution >= 4 is 57.1 Å². The van der Waals surface area contributed by atoms with E-state index in [4.69, 9.17) is 27.9 Å². The van der Waals surface area contributed by atoms with Crippen molar-refractivity contribution in [2.45, 2.75) is 61.9 Å². The largest absolute Gasteiger partial charge is 0.480 e. The van der Waals surface area contributed by atoms with Crippen LogP contribution in [-0.4, -0.2) is 128 Å². The molecule has 1 aromatic carbocycles. The zero-order chi connectivity index (χ0) is 32.7. The van der Waals surface area contributed by atoms with Gasteiger partial charge in [-0.25, -0.2) is 18.0 Å². The second-order valence-corrected chi connectivity index (χ2v) is 14.6. The van der Waals surface area contributed by atoms with Crippen LogP contribution in [0.4, 0.5) is 4.79 Å². The van der Waals surface area contributed by atoms with E-state index in [2.05, 4.69) is 10.2 Å². The minimum absolute atomic E-state index is 0.0788. The summed E-state index contributed by atoms with van der Waals surface area (Å²) in [4.78, 5) is 55.7. The molecule has 3 amide bonds. The van der Waals surface area contributed by atoms with Crippen LogP contribution in [-0.2, 0) is 29.1 Å². The average molecular weight is 691 g/mol. The van der Waals surface area contributed by atoms with Gasteiger partial charge >= 0.3 is 12.1 Å². The number of benzene rings is 1. The molecular formula is C29H41Cl2N5O8S. The Morgan fingerprint density at radius 2 is 1.60 bits per heavy atom. The van der Waals surface area contributed by atoms with Gasteiger partial charge in [-0.1, -0.05) is 23.2 Å². The normalized spacial score (nSPS) is 21.0. The van der Waals surface area contributed by atoms with Gasteiger partial charge in [-0.2, -0.15) is 4.31 Å². The van der Waals surface area contributed by atoms with Crippen molar-refractivity contribution in [2.24, 2.45) is 5.92 Å². The number of carbonyl (C=O) groups excluding carboxylic acids is 3. The number of amides is 3. The summed E-state index contributed by atoms with van der Waals surface area (Å²) < 4.78 is 33.1. The molecule has 0 spiro atoms. The SMILES string of the molecule is CN1CCN(C(=O)OCCC2CCN(C(=O)CC[C@H](NC(=O)[C@H]3CCCN3S(=O)(=O)c3cc(Cl)cc(Cl)c3)C(=O)O)CC2)CC1. The van der Waals surface area contributed by atoms with Crippen LogP contribution in [0.25, 0.3) is 0 Å². The fourth-order valence-corrected chi connectivity index (χ4v) is 8.30. The van der Waals surface area contributed by atoms with E-state index in [-0.39, 0.29) is 52.7 Å². The number of carboxylic acids is 1. The fraction of sp³-hybridized carbons (Fsp3) is 0.655. The molecule has 0 aromatic heterocycles. The Balaban J connectivity index is 1.21. The van der Waals surface area contributed by atoms with Crippen LogP contribution >= 0.6 is 23.2 Å². The number of aliphatic carboxylic acids is 1. The number of carbonyl (C=O) groups is 4. The lowest BCUT2D eigenvalue weighted by Gasteiger charge is -2.33. The van der Waals surface area contributed by atoms with E-state index in [1.165, 1.54) is 18.2 Å². The minimum Gasteiger partial charge on any atom is -0.480 e. The van der Waals surface area contributed by atoms with Crippen LogP contribution in [0.3, 0.4) is 0 Å². The van der Waals surface area contributed by atoms with Crippen LogP contribution in [0.5, 0.6) is 0 Å². The van der Waals surface area contributed by atoms with Gasteiger partial charge in [0.25, 0.3) is 0 Å². The third-order valence-electron chi connectivity index (χ3n) is 8.69. The highest BCUT2D eigenvalue weighted by Gasteiger charge is 2.41. The van der Waals surface area contributed by atoms with Crippen LogP contribution in [0.1, 0.15) is 44.9 Å². The number of ether oxygens (including phenoxy) is 1. The highest BCUT2D eigenvalue weighted by atomic mass is 35.5. The molecule has 0 saturated carbocycles. The summed E-state index contributed by atoms with van der Waals surface area (Å²) in [6.45, 7) is 4.40. The summed E-state index contributed by atoms with van der Waals surface area (Å²) in [5, 5.41) is 12.5. The van der Waals surface area contributed by atoms with E-state index >= 15 is 0 Å². The predicted molar refractivity (Wildman–Crippen MR) is 167 cm³/mol. The average Bonchev–Trinajstić information content (AvgIpc) is 3.50. The van der Waals surface area contributed by atoms with Crippen LogP contribution < -0.4 is 5.32 Å². The molecule has 2 N–H and O–H groups in total. The Hall–Kier alpha value is -2.65. The number of halogens is 2. The Labute approximate surface area is 273 Å². The molecule has 3 fully saturated rings. The Bertz CT molecular complexity index is 1330. The van der Waals surface area contributed by atoms with Gasteiger partial charge in [0.05, 0.1) is 11.5 Å². The molecule has 0 radical (unpaired) electrons. The van der Waals surface area contributed by atoms with Crippen molar-refractivity contribution in [2.75, 3.05) is 59.5 Å². The van der Waals surface area contributed by atoms with E-state index < -0.39 is 34.0 Å². The molecule has 3 aliphatic heterocycles. The van der Waals surface area contributed by atoms with Gasteiger partial charge in [0.1, 0.15) is 12.1 Å². The van der Waals surface area contributed by atoms with Gasteiger partial charge in [0.15, 0.2) is 0 Å². The molecule has 2 atom stereocenters. The maximum Gasteiger partial charge on any atom is 0.409 e. The van der Waals surface area contributed by atoms with Gasteiger partial charge in [-0.3, -0.25) is 9.59 Å². The van der Waals surface area contributed by atoms with Gasteiger partial charge in [-0.15, -0.1) is 0 Å². The Kier molecular flexibility index (Phi) is 12.3. The standard InChI is InChI=1S/C29H41Cl2N5O8S/c1-33-12-14-35(15-13-33)29(41)44-16-8-20-6-10-34(11-7-20)26(37)5-4-24(28(39)40)32-27(38)25-3-2-9-36(25)45(42,43)23-18-21(30)17-22(31)19-23/h17-20,24-25H,2-16H2,1H3,(H,32,38)(H,39,40)/t24-,25+/m0/s1. The van der Waals surface area contributed by atoms with Crippen molar-refractivity contribution in [3.05, 3.63) is 28.2 Å². The number of sulfonamides is 1. The number of rotatable bonds is 11. The van der Waals surface area contributed by atoms with E-state index in [0.717, 1.165) is 30.2 Å². The first-order chi connectivity index (χ1) is 21.3. The summed E-state index contributed by atoms with van der Waals surface area (Å²) in [6, 6.07) is 1.42. The van der Waals surface area contributed by atoms with Gasteiger partial charge in [-0.05, 0) is 69.7 Å². The second kappa shape index (κ2) is 15.8. The highest BCUT2D eigenvalue weighted by molar-refractivity contribution is 7.89. The first-order valence-electron chi connectivity index (χ1n) is 15.2. The molecule has 3 heterocycles. The summed E-state index contributed by atoms with van der Waals surface area (Å²) in [6.07, 6.45) is 2.34. The lowest BCUT2D eigenvalue weighted by Crippen LogP contribution is -2.51. The number of piperidine rings is 1. The number of carboxylic acid groups (broad SMARTS) is 1. The molecule has 16 heteroatoms. The molecule has 0 unspecified atom stereocenters. The number of nitrogens with one attached hydrogen (secondary N) is 1. The topological polar surface area (TPSA) is 157 Å². The summed E-state index contributed by atoms with van der Waals surface area (Å²) in [5.41, 5.74) is 0. The molecule has 250 valence electrons. The molecule has 3 aliphatic rings. The Morgan fingerprint density at radius 3 is 2.22 bits per heavy atom.